The molecule has 1 fully saturated rings. The molecule has 2 amide bonds. The molecule has 0 bridgehead atoms. The van der Waals surface area contributed by atoms with E-state index in [4.69, 9.17) is 10.5 Å². The van der Waals surface area contributed by atoms with E-state index in [9.17, 15) is 22.8 Å². The first kappa shape index (κ1) is 16.7. The summed E-state index contributed by atoms with van der Waals surface area (Å²) in [6.45, 7) is 2.94. The highest BCUT2D eigenvalue weighted by Crippen LogP contribution is 2.37. The van der Waals surface area contributed by atoms with E-state index in [0.29, 0.717) is 0 Å². The molecule has 2 atom stereocenters. The summed E-state index contributed by atoms with van der Waals surface area (Å²) < 4.78 is 43.6. The number of nitrogens with zero attached hydrogens (tertiary/aromatic N) is 1. The Morgan fingerprint density at radius 3 is 2.35 bits per heavy atom. The zero-order valence-electron chi connectivity index (χ0n) is 11.4. The lowest BCUT2D eigenvalue weighted by Crippen LogP contribution is -2.37. The predicted molar refractivity (Wildman–Crippen MR) is 64.5 cm³/mol. The predicted octanol–water partition coefficient (Wildman–Crippen LogP) is 0.924. The first-order valence-electron chi connectivity index (χ1n) is 6.38. The van der Waals surface area contributed by atoms with Crippen molar-refractivity contribution in [1.29, 1.82) is 0 Å². The number of primary amides is 1. The van der Waals surface area contributed by atoms with Crippen molar-refractivity contribution in [2.45, 2.75) is 32.5 Å². The third kappa shape index (κ3) is 4.36. The number of ether oxygens (including phenoxy) is 1. The van der Waals surface area contributed by atoms with Crippen LogP contribution in [0.25, 0.3) is 0 Å². The van der Waals surface area contributed by atoms with E-state index < -0.39 is 36.4 Å². The van der Waals surface area contributed by atoms with Crippen LogP contribution >= 0.6 is 0 Å². The van der Waals surface area contributed by atoms with Gasteiger partial charge in [-0.2, -0.15) is 13.2 Å². The molecule has 8 heteroatoms. The minimum Gasteiger partial charge on any atom is -0.378 e. The highest BCUT2D eigenvalue weighted by Gasteiger charge is 2.52. The van der Waals surface area contributed by atoms with Crippen LogP contribution in [0.4, 0.5) is 13.2 Å². The Bertz CT molecular complexity index is 371. The fourth-order valence-electron chi connectivity index (χ4n) is 2.17. The smallest absolute Gasteiger partial charge is 0.378 e. The summed E-state index contributed by atoms with van der Waals surface area (Å²) in [5.41, 5.74) is 4.99. The van der Waals surface area contributed by atoms with E-state index in [0.717, 1.165) is 4.90 Å². The molecule has 1 aliphatic rings. The lowest BCUT2D eigenvalue weighted by molar-refractivity contribution is -0.182. The van der Waals surface area contributed by atoms with Gasteiger partial charge in [-0.25, -0.2) is 0 Å². The Morgan fingerprint density at radius 2 is 1.95 bits per heavy atom. The fraction of sp³-hybridized carbons (Fsp3) is 0.833. The average Bonchev–Trinajstić information content (AvgIpc) is 2.72. The lowest BCUT2D eigenvalue weighted by atomic mass is 9.95. The second-order valence-corrected chi connectivity index (χ2v) is 5.13. The molecular weight excluding hydrogens is 277 g/mol. The second kappa shape index (κ2) is 6.43. The van der Waals surface area contributed by atoms with Crippen molar-refractivity contribution in [2.24, 2.45) is 17.6 Å². The molecule has 116 valence electrons. The number of carbonyl (C=O) groups excluding carboxylic acids is 2. The number of carbonyl (C=O) groups is 2. The van der Waals surface area contributed by atoms with E-state index in [-0.39, 0.29) is 25.7 Å². The molecule has 1 heterocycles. The molecule has 0 aromatic carbocycles. The summed E-state index contributed by atoms with van der Waals surface area (Å²) in [6.07, 6.45) is -4.60. The normalized spacial score (nSPS) is 23.4. The minimum absolute atomic E-state index is 0.00572. The number of halogens is 3. The van der Waals surface area contributed by atoms with Gasteiger partial charge in [-0.1, -0.05) is 0 Å². The van der Waals surface area contributed by atoms with E-state index in [1.54, 1.807) is 13.8 Å². The minimum atomic E-state index is -4.54. The van der Waals surface area contributed by atoms with E-state index in [1.165, 1.54) is 0 Å². The summed E-state index contributed by atoms with van der Waals surface area (Å²) in [7, 11) is 0. The van der Waals surface area contributed by atoms with Gasteiger partial charge in [0.2, 0.25) is 11.8 Å². The Morgan fingerprint density at radius 1 is 1.35 bits per heavy atom. The van der Waals surface area contributed by atoms with Crippen LogP contribution in [0.1, 0.15) is 20.3 Å². The molecule has 0 aromatic heterocycles. The molecule has 1 aliphatic heterocycles. The van der Waals surface area contributed by atoms with Crippen LogP contribution < -0.4 is 5.73 Å². The number of likely N-dealkylation sites (tertiary alicyclic amines) is 1. The highest BCUT2D eigenvalue weighted by molar-refractivity contribution is 5.81. The van der Waals surface area contributed by atoms with E-state index in [1.807, 2.05) is 0 Å². The molecule has 0 radical (unpaired) electrons. The maximum atomic E-state index is 12.8. The second-order valence-electron chi connectivity index (χ2n) is 5.13. The largest absolute Gasteiger partial charge is 0.394 e. The monoisotopic (exact) mass is 296 g/mol. The zero-order chi connectivity index (χ0) is 15.5. The van der Waals surface area contributed by atoms with Gasteiger partial charge < -0.3 is 15.4 Å². The third-order valence-electron chi connectivity index (χ3n) is 3.23. The average molecular weight is 296 g/mol. The van der Waals surface area contributed by atoms with Gasteiger partial charge in [-0.3, -0.25) is 9.59 Å². The molecule has 1 rings (SSSR count). The summed E-state index contributed by atoms with van der Waals surface area (Å²) in [4.78, 5) is 23.9. The maximum absolute atomic E-state index is 12.8. The first-order valence-corrected chi connectivity index (χ1v) is 6.38. The van der Waals surface area contributed by atoms with Gasteiger partial charge in [0.25, 0.3) is 0 Å². The van der Waals surface area contributed by atoms with Crippen molar-refractivity contribution in [1.82, 2.24) is 4.90 Å². The van der Waals surface area contributed by atoms with Crippen molar-refractivity contribution in [3.63, 3.8) is 0 Å². The Labute approximate surface area is 115 Å². The van der Waals surface area contributed by atoms with Crippen LogP contribution in [0.3, 0.4) is 0 Å². The van der Waals surface area contributed by atoms with Gasteiger partial charge in [0.15, 0.2) is 0 Å². The quantitative estimate of drug-likeness (QED) is 0.820. The molecule has 5 nitrogen and oxygen atoms in total. The van der Waals surface area contributed by atoms with Crippen LogP contribution in [-0.4, -0.2) is 48.7 Å². The van der Waals surface area contributed by atoms with Crippen LogP contribution in [0.15, 0.2) is 0 Å². The number of nitrogens with two attached hydrogens (primary N) is 1. The molecule has 0 spiro atoms. The number of hydrogen-bond donors (Lipinski definition) is 1. The van der Waals surface area contributed by atoms with Crippen molar-refractivity contribution >= 4 is 11.8 Å². The van der Waals surface area contributed by atoms with E-state index in [2.05, 4.69) is 0 Å². The van der Waals surface area contributed by atoms with Gasteiger partial charge in [0.1, 0.15) is 0 Å². The molecule has 0 unspecified atom stereocenters. The molecule has 2 N–H and O–H groups in total. The third-order valence-corrected chi connectivity index (χ3v) is 3.23. The van der Waals surface area contributed by atoms with Gasteiger partial charge in [0.05, 0.1) is 31.0 Å². The molecule has 0 aliphatic carbocycles. The number of rotatable bonds is 5. The summed E-state index contributed by atoms with van der Waals surface area (Å²) >= 11 is 0. The molecule has 20 heavy (non-hydrogen) atoms. The van der Waals surface area contributed by atoms with Crippen molar-refractivity contribution in [3.05, 3.63) is 0 Å². The molecular formula is C12H19F3N2O3. The Kier molecular flexibility index (Phi) is 5.38. The van der Waals surface area contributed by atoms with Crippen LogP contribution in [0, 0.1) is 11.8 Å². The van der Waals surface area contributed by atoms with Gasteiger partial charge in [-0.05, 0) is 13.8 Å². The van der Waals surface area contributed by atoms with Crippen molar-refractivity contribution < 1.29 is 27.5 Å². The Hall–Kier alpha value is -1.31. The Balaban J connectivity index is 2.61. The zero-order valence-corrected chi connectivity index (χ0v) is 11.4. The van der Waals surface area contributed by atoms with Crippen LogP contribution in [-0.2, 0) is 14.3 Å². The van der Waals surface area contributed by atoms with E-state index >= 15 is 0 Å². The molecule has 0 aromatic rings. The van der Waals surface area contributed by atoms with Crippen LogP contribution in [0.2, 0.25) is 0 Å². The van der Waals surface area contributed by atoms with Crippen molar-refractivity contribution in [2.75, 3.05) is 19.7 Å². The van der Waals surface area contributed by atoms with Gasteiger partial charge in [-0.15, -0.1) is 0 Å². The topological polar surface area (TPSA) is 72.6 Å². The van der Waals surface area contributed by atoms with Gasteiger partial charge in [0, 0.05) is 13.1 Å². The number of alkyl halides is 3. The number of hydrogen-bond acceptors (Lipinski definition) is 3. The van der Waals surface area contributed by atoms with Crippen LogP contribution in [0.5, 0.6) is 0 Å². The number of amides is 2. The van der Waals surface area contributed by atoms with Crippen molar-refractivity contribution in [3.8, 4) is 0 Å². The highest BCUT2D eigenvalue weighted by atomic mass is 19.4. The summed E-state index contributed by atoms with van der Waals surface area (Å²) in [6, 6.07) is 0. The standard InChI is InChI=1S/C12H19F3N2O3/c1-7(2)20-4-3-10(18)17-5-8(11(16)19)9(6-17)12(13,14)15/h7-9H,3-6H2,1-2H3,(H2,16,19)/t8-,9-/m1/s1. The lowest BCUT2D eigenvalue weighted by Gasteiger charge is -2.18. The SMILES string of the molecule is CC(C)OCCC(=O)N1C[C@@H](C(F)(F)F)[C@H](C(N)=O)C1. The van der Waals surface area contributed by atoms with Gasteiger partial charge >= 0.3 is 6.18 Å². The maximum Gasteiger partial charge on any atom is 0.394 e. The summed E-state index contributed by atoms with van der Waals surface area (Å²) in [5, 5.41) is 0. The molecule has 0 saturated carbocycles. The molecule has 1 saturated heterocycles. The first-order chi connectivity index (χ1) is 9.12. The fourth-order valence-corrected chi connectivity index (χ4v) is 2.17. The summed E-state index contributed by atoms with van der Waals surface area (Å²) in [5.74, 6) is -4.73.